The van der Waals surface area contributed by atoms with Gasteiger partial charge in [-0.1, -0.05) is 12.1 Å². The third-order valence-corrected chi connectivity index (χ3v) is 7.20. The third kappa shape index (κ3) is 3.53. The van der Waals surface area contributed by atoms with Crippen LogP contribution in [0.25, 0.3) is 0 Å². The number of aromatic nitrogens is 2. The number of aromatic carboxylic acids is 1. The second kappa shape index (κ2) is 7.47. The molecule has 0 aliphatic carbocycles. The van der Waals surface area contributed by atoms with Crippen molar-refractivity contribution in [1.29, 1.82) is 0 Å². The number of nitrogens with one attached hydrogen (secondary N) is 2. The van der Waals surface area contributed by atoms with Crippen LogP contribution >= 0.6 is 23.5 Å². The summed E-state index contributed by atoms with van der Waals surface area (Å²) >= 11 is 3.28. The summed E-state index contributed by atoms with van der Waals surface area (Å²) in [5, 5.41) is 14.6. The fourth-order valence-electron chi connectivity index (χ4n) is 3.52. The van der Waals surface area contributed by atoms with Crippen LogP contribution in [0.5, 0.6) is 0 Å². The summed E-state index contributed by atoms with van der Waals surface area (Å²) in [6.45, 7) is 0. The molecule has 1 fully saturated rings. The number of carboxylic acid groups (broad SMARTS) is 1. The molecular formula is C18H19N3O4S2. The number of amides is 1. The van der Waals surface area contributed by atoms with Crippen LogP contribution in [-0.4, -0.2) is 44.0 Å². The minimum absolute atomic E-state index is 0.135. The number of anilines is 1. The molecule has 0 radical (unpaired) electrons. The molecule has 3 heterocycles. The monoisotopic (exact) mass is 405 g/mol. The van der Waals surface area contributed by atoms with Crippen molar-refractivity contribution in [3.05, 3.63) is 51.3 Å². The molecule has 1 unspecified atom stereocenters. The van der Waals surface area contributed by atoms with Crippen molar-refractivity contribution in [2.24, 2.45) is 0 Å². The average Bonchev–Trinajstić information content (AvgIpc) is 2.88. The standard InChI is InChI=1S/C18H19N3O4S2/c22-13-9-27-15(10-1-3-11(4-2-10)18(24)25)14-16(19-13)21(20-17(14)23)12-5-7-26-8-6-12/h1-4,12,15H,5-9H2,(H,19,22)(H,20,23)(H,24,25). The minimum Gasteiger partial charge on any atom is -0.478 e. The number of rotatable bonds is 3. The number of aromatic amines is 1. The van der Waals surface area contributed by atoms with E-state index >= 15 is 0 Å². The van der Waals surface area contributed by atoms with E-state index in [1.807, 2.05) is 16.4 Å². The van der Waals surface area contributed by atoms with Crippen LogP contribution in [0.1, 0.15) is 45.6 Å². The zero-order chi connectivity index (χ0) is 19.0. The van der Waals surface area contributed by atoms with Crippen LogP contribution in [0.15, 0.2) is 29.1 Å². The van der Waals surface area contributed by atoms with Crippen molar-refractivity contribution in [1.82, 2.24) is 9.78 Å². The predicted octanol–water partition coefficient (Wildman–Crippen LogP) is 2.72. The highest BCUT2D eigenvalue weighted by Crippen LogP contribution is 2.41. The van der Waals surface area contributed by atoms with Gasteiger partial charge in [0, 0.05) is 0 Å². The van der Waals surface area contributed by atoms with E-state index in [1.54, 1.807) is 12.1 Å². The Bertz CT molecular complexity index is 929. The normalized spacial score (nSPS) is 20.6. The quantitative estimate of drug-likeness (QED) is 0.725. The number of carbonyl (C=O) groups excluding carboxylic acids is 1. The summed E-state index contributed by atoms with van der Waals surface area (Å²) in [6.07, 6.45) is 1.89. The summed E-state index contributed by atoms with van der Waals surface area (Å²) in [5.41, 5.74) is 1.33. The van der Waals surface area contributed by atoms with Crippen molar-refractivity contribution >= 4 is 41.2 Å². The Morgan fingerprint density at radius 1 is 1.15 bits per heavy atom. The van der Waals surface area contributed by atoms with E-state index in [9.17, 15) is 14.4 Å². The van der Waals surface area contributed by atoms with E-state index in [-0.39, 0.29) is 34.1 Å². The average molecular weight is 406 g/mol. The van der Waals surface area contributed by atoms with Crippen LogP contribution in [0, 0.1) is 0 Å². The van der Waals surface area contributed by atoms with E-state index in [4.69, 9.17) is 5.11 Å². The lowest BCUT2D eigenvalue weighted by Gasteiger charge is -2.24. The van der Waals surface area contributed by atoms with Crippen molar-refractivity contribution in [2.75, 3.05) is 22.6 Å². The Morgan fingerprint density at radius 2 is 1.85 bits per heavy atom. The molecule has 1 amide bonds. The van der Waals surface area contributed by atoms with Gasteiger partial charge in [-0.3, -0.25) is 19.4 Å². The summed E-state index contributed by atoms with van der Waals surface area (Å²) in [4.78, 5) is 36.2. The van der Waals surface area contributed by atoms with Gasteiger partial charge in [-0.05, 0) is 42.0 Å². The van der Waals surface area contributed by atoms with E-state index < -0.39 is 5.97 Å². The molecule has 9 heteroatoms. The summed E-state index contributed by atoms with van der Waals surface area (Å²) in [6, 6.07) is 6.66. The van der Waals surface area contributed by atoms with Crippen molar-refractivity contribution < 1.29 is 14.7 Å². The Labute approximate surface area is 163 Å². The molecule has 3 N–H and O–H groups in total. The van der Waals surface area contributed by atoms with Gasteiger partial charge < -0.3 is 10.4 Å². The first-order chi connectivity index (χ1) is 13.0. The topological polar surface area (TPSA) is 104 Å². The van der Waals surface area contributed by atoms with Gasteiger partial charge in [-0.15, -0.1) is 11.8 Å². The van der Waals surface area contributed by atoms with Gasteiger partial charge >= 0.3 is 5.97 Å². The third-order valence-electron chi connectivity index (χ3n) is 4.88. The molecule has 0 bridgehead atoms. The highest BCUT2D eigenvalue weighted by Gasteiger charge is 2.32. The number of hydrogen-bond donors (Lipinski definition) is 3. The predicted molar refractivity (Wildman–Crippen MR) is 107 cm³/mol. The number of hydrogen-bond acceptors (Lipinski definition) is 5. The van der Waals surface area contributed by atoms with Gasteiger partial charge in [-0.2, -0.15) is 11.8 Å². The molecule has 1 atom stereocenters. The van der Waals surface area contributed by atoms with Crippen LogP contribution in [-0.2, 0) is 4.79 Å². The Balaban J connectivity index is 1.77. The molecule has 2 aliphatic rings. The Kier molecular flexibility index (Phi) is 5.05. The Hall–Kier alpha value is -2.13. The molecule has 0 saturated carbocycles. The fraction of sp³-hybridized carbons (Fsp3) is 0.389. The highest BCUT2D eigenvalue weighted by molar-refractivity contribution is 8.00. The number of H-pyrrole nitrogens is 1. The number of thioether (sulfide) groups is 2. The lowest BCUT2D eigenvalue weighted by molar-refractivity contribution is -0.113. The Morgan fingerprint density at radius 3 is 2.52 bits per heavy atom. The first-order valence-corrected chi connectivity index (χ1v) is 10.9. The van der Waals surface area contributed by atoms with E-state index in [0.717, 1.165) is 29.9 Å². The number of benzene rings is 1. The molecule has 27 heavy (non-hydrogen) atoms. The zero-order valence-corrected chi connectivity index (χ0v) is 16.1. The van der Waals surface area contributed by atoms with Gasteiger partial charge in [0.1, 0.15) is 5.82 Å². The maximum Gasteiger partial charge on any atom is 0.335 e. The molecule has 1 saturated heterocycles. The van der Waals surface area contributed by atoms with E-state index in [2.05, 4.69) is 10.4 Å². The van der Waals surface area contributed by atoms with E-state index in [0.29, 0.717) is 11.4 Å². The number of carboxylic acids is 1. The molecule has 1 aromatic heterocycles. The zero-order valence-electron chi connectivity index (χ0n) is 14.4. The van der Waals surface area contributed by atoms with Crippen LogP contribution in [0.2, 0.25) is 0 Å². The number of fused-ring (bicyclic) bond motifs is 1. The first-order valence-electron chi connectivity index (χ1n) is 8.71. The van der Waals surface area contributed by atoms with Gasteiger partial charge in [0.2, 0.25) is 5.91 Å². The summed E-state index contributed by atoms with van der Waals surface area (Å²) in [7, 11) is 0. The van der Waals surface area contributed by atoms with Crippen LogP contribution in [0.4, 0.5) is 5.82 Å². The van der Waals surface area contributed by atoms with Gasteiger partial charge in [0.25, 0.3) is 5.56 Å². The molecule has 142 valence electrons. The summed E-state index contributed by atoms with van der Waals surface area (Å²) < 4.78 is 1.83. The molecule has 2 aliphatic heterocycles. The molecule has 1 aromatic carbocycles. The molecule has 0 spiro atoms. The van der Waals surface area contributed by atoms with Gasteiger partial charge in [0.05, 0.1) is 28.2 Å². The summed E-state index contributed by atoms with van der Waals surface area (Å²) in [5.74, 6) is 1.72. The van der Waals surface area contributed by atoms with Crippen molar-refractivity contribution in [3.63, 3.8) is 0 Å². The maximum atomic E-state index is 12.8. The lowest BCUT2D eigenvalue weighted by Crippen LogP contribution is -2.22. The molecule has 2 aromatic rings. The largest absolute Gasteiger partial charge is 0.478 e. The minimum atomic E-state index is -0.994. The lowest BCUT2D eigenvalue weighted by atomic mass is 10.0. The van der Waals surface area contributed by atoms with Crippen LogP contribution in [0.3, 0.4) is 0 Å². The maximum absolute atomic E-state index is 12.8. The van der Waals surface area contributed by atoms with Gasteiger partial charge in [0.15, 0.2) is 0 Å². The molecule has 4 rings (SSSR count). The number of nitrogens with zero attached hydrogens (tertiary/aromatic N) is 1. The highest BCUT2D eigenvalue weighted by atomic mass is 32.2. The van der Waals surface area contributed by atoms with Crippen molar-refractivity contribution in [2.45, 2.75) is 24.1 Å². The first kappa shape index (κ1) is 18.2. The second-order valence-electron chi connectivity index (χ2n) is 6.58. The smallest absolute Gasteiger partial charge is 0.335 e. The molecular weight excluding hydrogens is 386 g/mol. The van der Waals surface area contributed by atoms with Crippen LogP contribution < -0.4 is 10.9 Å². The van der Waals surface area contributed by atoms with Gasteiger partial charge in [-0.25, -0.2) is 4.79 Å². The SMILES string of the molecule is O=C1CSC(c2ccc(C(=O)O)cc2)c2c(n(C3CCSCC3)[nH]c2=O)N1. The second-order valence-corrected chi connectivity index (χ2v) is 8.90. The fourth-order valence-corrected chi connectivity index (χ4v) is 5.73. The van der Waals surface area contributed by atoms with E-state index in [1.165, 1.54) is 23.9 Å². The van der Waals surface area contributed by atoms with Crippen molar-refractivity contribution in [3.8, 4) is 0 Å². The molecule has 7 nitrogen and oxygen atoms in total. The number of carbonyl (C=O) groups is 2.